The third-order valence-electron chi connectivity index (χ3n) is 3.98. The zero-order chi connectivity index (χ0) is 13.0. The predicted molar refractivity (Wildman–Crippen MR) is 78.9 cm³/mol. The molecule has 1 unspecified atom stereocenters. The molecule has 0 saturated heterocycles. The Morgan fingerprint density at radius 1 is 1.28 bits per heavy atom. The molecule has 0 spiro atoms. The van der Waals surface area contributed by atoms with E-state index in [0.29, 0.717) is 6.04 Å². The number of unbranched alkanes of at least 4 members (excludes halogenated alkanes) is 1. The van der Waals surface area contributed by atoms with E-state index in [-0.39, 0.29) is 0 Å². The predicted octanol–water partition coefficient (Wildman–Crippen LogP) is 4.40. The number of nitrogens with one attached hydrogen (secondary N) is 1. The number of benzene rings is 1. The van der Waals surface area contributed by atoms with Gasteiger partial charge >= 0.3 is 0 Å². The summed E-state index contributed by atoms with van der Waals surface area (Å²) in [6.07, 6.45) is 6.57. The van der Waals surface area contributed by atoms with Crippen LogP contribution in [0.5, 0.6) is 0 Å². The number of aryl methyl sites for hydroxylation is 2. The van der Waals surface area contributed by atoms with Gasteiger partial charge in [-0.25, -0.2) is 0 Å². The maximum atomic E-state index is 3.74. The van der Waals surface area contributed by atoms with Crippen LogP contribution in [0.2, 0.25) is 0 Å². The van der Waals surface area contributed by atoms with Crippen molar-refractivity contribution in [3.8, 4) is 0 Å². The topological polar surface area (TPSA) is 12.0 Å². The van der Waals surface area contributed by atoms with E-state index in [1.165, 1.54) is 44.2 Å². The van der Waals surface area contributed by atoms with Crippen LogP contribution >= 0.6 is 0 Å². The van der Waals surface area contributed by atoms with Crippen molar-refractivity contribution in [2.24, 2.45) is 5.92 Å². The molecule has 1 aliphatic rings. The largest absolute Gasteiger partial charge is 0.310 e. The van der Waals surface area contributed by atoms with Gasteiger partial charge in [0.1, 0.15) is 0 Å². The molecule has 1 nitrogen and oxygen atoms in total. The van der Waals surface area contributed by atoms with Crippen LogP contribution in [0.3, 0.4) is 0 Å². The van der Waals surface area contributed by atoms with Crippen LogP contribution in [0, 0.1) is 12.8 Å². The monoisotopic (exact) mass is 245 g/mol. The van der Waals surface area contributed by atoms with Crippen molar-refractivity contribution in [1.82, 2.24) is 5.32 Å². The molecule has 0 heterocycles. The molecule has 0 aliphatic heterocycles. The average molecular weight is 245 g/mol. The first-order chi connectivity index (χ1) is 8.66. The van der Waals surface area contributed by atoms with Crippen molar-refractivity contribution < 1.29 is 0 Å². The van der Waals surface area contributed by atoms with Crippen LogP contribution in [-0.4, -0.2) is 6.54 Å². The van der Waals surface area contributed by atoms with Crippen molar-refractivity contribution >= 4 is 0 Å². The maximum Gasteiger partial charge on any atom is 0.0326 e. The van der Waals surface area contributed by atoms with Gasteiger partial charge in [-0.15, -0.1) is 0 Å². The Morgan fingerprint density at radius 3 is 2.89 bits per heavy atom. The van der Waals surface area contributed by atoms with Gasteiger partial charge in [-0.05, 0) is 49.8 Å². The summed E-state index contributed by atoms with van der Waals surface area (Å²) in [7, 11) is 0. The van der Waals surface area contributed by atoms with E-state index in [2.05, 4.69) is 44.3 Å². The molecule has 18 heavy (non-hydrogen) atoms. The van der Waals surface area contributed by atoms with Crippen LogP contribution in [0.25, 0.3) is 0 Å². The Labute approximate surface area is 112 Å². The Balaban J connectivity index is 1.77. The fraction of sp³-hybridized carbons (Fsp3) is 0.647. The van der Waals surface area contributed by atoms with E-state index in [1.54, 1.807) is 11.1 Å². The first-order valence-electron chi connectivity index (χ1n) is 7.49. The van der Waals surface area contributed by atoms with Gasteiger partial charge in [0, 0.05) is 6.04 Å². The number of hydrogen-bond acceptors (Lipinski definition) is 1. The van der Waals surface area contributed by atoms with Crippen LogP contribution in [0.15, 0.2) is 18.2 Å². The lowest BCUT2D eigenvalue weighted by atomic mass is 10.0. The van der Waals surface area contributed by atoms with E-state index in [1.807, 2.05) is 0 Å². The van der Waals surface area contributed by atoms with E-state index in [0.717, 1.165) is 5.92 Å². The molecule has 1 atom stereocenters. The van der Waals surface area contributed by atoms with Crippen LogP contribution in [0.1, 0.15) is 62.3 Å². The third-order valence-corrected chi connectivity index (χ3v) is 3.98. The molecule has 0 fully saturated rings. The summed E-state index contributed by atoms with van der Waals surface area (Å²) in [5, 5.41) is 3.74. The average Bonchev–Trinajstić information content (AvgIpc) is 2.71. The number of fused-ring (bicyclic) bond motifs is 1. The molecule has 1 N–H and O–H groups in total. The fourth-order valence-electron chi connectivity index (χ4n) is 2.89. The van der Waals surface area contributed by atoms with Crippen molar-refractivity contribution in [1.29, 1.82) is 0 Å². The molecule has 0 aromatic heterocycles. The Kier molecular flexibility index (Phi) is 4.82. The minimum Gasteiger partial charge on any atom is -0.310 e. The second kappa shape index (κ2) is 6.38. The third kappa shape index (κ3) is 3.58. The van der Waals surface area contributed by atoms with Crippen molar-refractivity contribution in [2.75, 3.05) is 6.54 Å². The van der Waals surface area contributed by atoms with Crippen molar-refractivity contribution in [2.45, 2.75) is 58.9 Å². The molecule has 1 heteroatoms. The summed E-state index contributed by atoms with van der Waals surface area (Å²) in [4.78, 5) is 0. The minimum atomic E-state index is 0.610. The van der Waals surface area contributed by atoms with Crippen LogP contribution < -0.4 is 5.32 Å². The molecule has 2 rings (SSSR count). The van der Waals surface area contributed by atoms with Crippen LogP contribution in [-0.2, 0) is 6.42 Å². The van der Waals surface area contributed by atoms with Gasteiger partial charge in [0.05, 0.1) is 0 Å². The minimum absolute atomic E-state index is 0.610. The molecular weight excluding hydrogens is 218 g/mol. The zero-order valence-corrected chi connectivity index (χ0v) is 12.1. The standard InChI is InChI=1S/C17H27N/c1-13(2)6-4-5-11-18-17-10-9-15-8-7-14(3)12-16(15)17/h7-8,12-13,17-18H,4-6,9-11H2,1-3H3. The Bertz CT molecular complexity index is 381. The smallest absolute Gasteiger partial charge is 0.0326 e. The lowest BCUT2D eigenvalue weighted by molar-refractivity contribution is 0.482. The molecule has 0 bridgehead atoms. The normalized spacial score (nSPS) is 18.3. The number of rotatable bonds is 6. The SMILES string of the molecule is Cc1ccc2c(c1)C(NCCCCC(C)C)CC2. The zero-order valence-electron chi connectivity index (χ0n) is 12.1. The molecule has 0 saturated carbocycles. The highest BCUT2D eigenvalue weighted by Gasteiger charge is 2.21. The first kappa shape index (κ1) is 13.6. The van der Waals surface area contributed by atoms with Gasteiger partial charge in [0.2, 0.25) is 0 Å². The molecule has 0 radical (unpaired) electrons. The fourth-order valence-corrected chi connectivity index (χ4v) is 2.89. The molecular formula is C17H27N. The summed E-state index contributed by atoms with van der Waals surface area (Å²) in [5.74, 6) is 0.847. The van der Waals surface area contributed by atoms with E-state index < -0.39 is 0 Å². The Morgan fingerprint density at radius 2 is 2.11 bits per heavy atom. The van der Waals surface area contributed by atoms with E-state index in [4.69, 9.17) is 0 Å². The molecule has 100 valence electrons. The van der Waals surface area contributed by atoms with Gasteiger partial charge in [0.15, 0.2) is 0 Å². The Hall–Kier alpha value is -0.820. The quantitative estimate of drug-likeness (QED) is 0.733. The summed E-state index contributed by atoms with van der Waals surface area (Å²) >= 11 is 0. The molecule has 1 aliphatic carbocycles. The molecule has 0 amide bonds. The highest BCUT2D eigenvalue weighted by molar-refractivity contribution is 5.37. The second-order valence-corrected chi connectivity index (χ2v) is 6.14. The summed E-state index contributed by atoms with van der Waals surface area (Å²) in [5.41, 5.74) is 4.50. The van der Waals surface area contributed by atoms with Gasteiger partial charge < -0.3 is 5.32 Å². The van der Waals surface area contributed by atoms with E-state index in [9.17, 15) is 0 Å². The van der Waals surface area contributed by atoms with Gasteiger partial charge in [-0.1, -0.05) is 50.5 Å². The summed E-state index contributed by atoms with van der Waals surface area (Å²) in [6, 6.07) is 7.53. The summed E-state index contributed by atoms with van der Waals surface area (Å²) < 4.78 is 0. The van der Waals surface area contributed by atoms with Gasteiger partial charge in [0.25, 0.3) is 0 Å². The lowest BCUT2D eigenvalue weighted by Crippen LogP contribution is -2.20. The van der Waals surface area contributed by atoms with Crippen LogP contribution in [0.4, 0.5) is 0 Å². The first-order valence-corrected chi connectivity index (χ1v) is 7.49. The highest BCUT2D eigenvalue weighted by Crippen LogP contribution is 2.31. The molecule has 1 aromatic carbocycles. The highest BCUT2D eigenvalue weighted by atomic mass is 14.9. The lowest BCUT2D eigenvalue weighted by Gasteiger charge is -2.14. The summed E-state index contributed by atoms with van der Waals surface area (Å²) in [6.45, 7) is 7.98. The maximum absolute atomic E-state index is 3.74. The van der Waals surface area contributed by atoms with Crippen molar-refractivity contribution in [3.63, 3.8) is 0 Å². The number of hydrogen-bond donors (Lipinski definition) is 1. The molecule has 1 aromatic rings. The van der Waals surface area contributed by atoms with E-state index >= 15 is 0 Å². The van der Waals surface area contributed by atoms with Gasteiger partial charge in [-0.2, -0.15) is 0 Å². The van der Waals surface area contributed by atoms with Crippen molar-refractivity contribution in [3.05, 3.63) is 34.9 Å². The van der Waals surface area contributed by atoms with Gasteiger partial charge in [-0.3, -0.25) is 0 Å². The second-order valence-electron chi connectivity index (χ2n) is 6.14.